The summed E-state index contributed by atoms with van der Waals surface area (Å²) in [5.41, 5.74) is 2.53. The number of benzene rings is 3. The lowest BCUT2D eigenvalue weighted by atomic mass is 10.0. The Bertz CT molecular complexity index is 1450. The summed E-state index contributed by atoms with van der Waals surface area (Å²) in [5, 5.41) is 3.40. The highest BCUT2D eigenvalue weighted by molar-refractivity contribution is 7.92. The number of rotatable bonds is 13. The highest BCUT2D eigenvalue weighted by atomic mass is 35.5. The minimum atomic E-state index is -3.92. The molecule has 0 aliphatic carbocycles. The van der Waals surface area contributed by atoms with Gasteiger partial charge in [0.2, 0.25) is 21.8 Å². The summed E-state index contributed by atoms with van der Waals surface area (Å²) in [6.07, 6.45) is 1.27. The smallest absolute Gasteiger partial charge is 0.244 e. The van der Waals surface area contributed by atoms with Gasteiger partial charge in [0, 0.05) is 24.5 Å². The van der Waals surface area contributed by atoms with Crippen LogP contribution < -0.4 is 14.4 Å². The Morgan fingerprint density at radius 2 is 1.66 bits per heavy atom. The Balaban J connectivity index is 2.10. The molecular formula is C31H38ClN3O5S. The average molecular weight is 600 g/mol. The van der Waals surface area contributed by atoms with Crippen LogP contribution in [0.1, 0.15) is 30.5 Å². The van der Waals surface area contributed by atoms with Gasteiger partial charge in [-0.05, 0) is 47.7 Å². The number of hydrogen-bond acceptors (Lipinski definition) is 5. The van der Waals surface area contributed by atoms with E-state index in [4.69, 9.17) is 16.3 Å². The second kappa shape index (κ2) is 14.4. The number of anilines is 1. The van der Waals surface area contributed by atoms with Crippen LogP contribution in [0.2, 0.25) is 5.02 Å². The predicted octanol–water partition coefficient (Wildman–Crippen LogP) is 4.84. The van der Waals surface area contributed by atoms with Crippen molar-refractivity contribution in [3.05, 3.63) is 94.5 Å². The van der Waals surface area contributed by atoms with Crippen molar-refractivity contribution in [2.24, 2.45) is 5.92 Å². The van der Waals surface area contributed by atoms with Gasteiger partial charge in [-0.25, -0.2) is 8.42 Å². The number of aryl methyl sites for hydroxylation is 1. The van der Waals surface area contributed by atoms with Crippen LogP contribution >= 0.6 is 11.6 Å². The molecule has 0 heterocycles. The average Bonchev–Trinajstić information content (AvgIpc) is 2.93. The summed E-state index contributed by atoms with van der Waals surface area (Å²) in [7, 11) is -2.48. The molecule has 0 saturated carbocycles. The number of amides is 2. The topological polar surface area (TPSA) is 96.0 Å². The van der Waals surface area contributed by atoms with Crippen molar-refractivity contribution in [3.63, 3.8) is 0 Å². The van der Waals surface area contributed by atoms with E-state index < -0.39 is 28.5 Å². The van der Waals surface area contributed by atoms with Crippen LogP contribution in [-0.2, 0) is 32.6 Å². The van der Waals surface area contributed by atoms with Gasteiger partial charge in [0.15, 0.2) is 0 Å². The minimum absolute atomic E-state index is 0.00760. The molecule has 0 saturated heterocycles. The van der Waals surface area contributed by atoms with E-state index in [0.29, 0.717) is 22.9 Å². The maximum Gasteiger partial charge on any atom is 0.244 e. The molecule has 1 atom stereocenters. The molecule has 0 fully saturated rings. The molecule has 0 bridgehead atoms. The Kier molecular flexibility index (Phi) is 11.2. The standard InChI is InChI=1S/C31H38ClN3O5S/c1-22(2)19-33-31(37)28(18-24-11-7-6-8-12-24)34(20-25-13-9-10-14-26(25)32)30(36)21-35(41(5,38)39)27-17-23(3)15-16-29(27)40-4/h6-17,22,28H,18-21H2,1-5H3,(H,33,37)/t28-/m0/s1. The fourth-order valence-electron chi connectivity index (χ4n) is 4.38. The highest BCUT2D eigenvalue weighted by Gasteiger charge is 2.34. The summed E-state index contributed by atoms with van der Waals surface area (Å²) >= 11 is 6.49. The normalized spacial score (nSPS) is 12.1. The largest absolute Gasteiger partial charge is 0.495 e. The third-order valence-electron chi connectivity index (χ3n) is 6.54. The van der Waals surface area contributed by atoms with Gasteiger partial charge in [0.05, 0.1) is 19.1 Å². The Morgan fingerprint density at radius 3 is 2.27 bits per heavy atom. The van der Waals surface area contributed by atoms with Crippen molar-refractivity contribution in [2.45, 2.75) is 39.8 Å². The molecule has 2 amide bonds. The molecular weight excluding hydrogens is 562 g/mol. The molecule has 3 aromatic carbocycles. The van der Waals surface area contributed by atoms with E-state index in [-0.39, 0.29) is 30.5 Å². The Hall–Kier alpha value is -3.56. The van der Waals surface area contributed by atoms with Gasteiger partial charge in [-0.15, -0.1) is 0 Å². The van der Waals surface area contributed by atoms with E-state index in [1.807, 2.05) is 51.1 Å². The lowest BCUT2D eigenvalue weighted by Gasteiger charge is -2.34. The summed E-state index contributed by atoms with van der Waals surface area (Å²) in [5.74, 6) is -0.387. The van der Waals surface area contributed by atoms with Crippen molar-refractivity contribution in [1.82, 2.24) is 10.2 Å². The third kappa shape index (κ3) is 8.96. The van der Waals surface area contributed by atoms with E-state index in [9.17, 15) is 18.0 Å². The van der Waals surface area contributed by atoms with Crippen LogP contribution in [0.25, 0.3) is 0 Å². The summed E-state index contributed by atoms with van der Waals surface area (Å²) in [4.78, 5) is 29.3. The number of ether oxygens (including phenoxy) is 1. The molecule has 3 rings (SSSR count). The van der Waals surface area contributed by atoms with Crippen LogP contribution in [0.5, 0.6) is 5.75 Å². The van der Waals surface area contributed by atoms with Crippen LogP contribution in [-0.4, -0.2) is 57.6 Å². The van der Waals surface area contributed by atoms with Gasteiger partial charge < -0.3 is 15.0 Å². The fraction of sp³-hybridized carbons (Fsp3) is 0.355. The number of carbonyl (C=O) groups excluding carboxylic acids is 2. The SMILES string of the molecule is COc1ccc(C)cc1N(CC(=O)N(Cc1ccccc1Cl)[C@@H](Cc1ccccc1)C(=O)NCC(C)C)S(C)(=O)=O. The predicted molar refractivity (Wildman–Crippen MR) is 164 cm³/mol. The second-order valence-electron chi connectivity index (χ2n) is 10.4. The number of halogens is 1. The molecule has 0 radical (unpaired) electrons. The van der Waals surface area contributed by atoms with Crippen molar-refractivity contribution in [3.8, 4) is 5.75 Å². The molecule has 0 spiro atoms. The molecule has 10 heteroatoms. The molecule has 3 aromatic rings. The first-order chi connectivity index (χ1) is 19.4. The zero-order chi connectivity index (χ0) is 30.2. The second-order valence-corrected chi connectivity index (χ2v) is 12.7. The zero-order valence-corrected chi connectivity index (χ0v) is 25.7. The van der Waals surface area contributed by atoms with Crippen molar-refractivity contribution in [2.75, 3.05) is 30.8 Å². The van der Waals surface area contributed by atoms with Crippen LogP contribution in [0.4, 0.5) is 5.69 Å². The van der Waals surface area contributed by atoms with Gasteiger partial charge >= 0.3 is 0 Å². The highest BCUT2D eigenvalue weighted by Crippen LogP contribution is 2.31. The number of nitrogens with zero attached hydrogens (tertiary/aromatic N) is 2. The maximum atomic E-state index is 14.2. The molecule has 0 unspecified atom stereocenters. The van der Waals surface area contributed by atoms with Gasteiger partial charge in [0.1, 0.15) is 18.3 Å². The zero-order valence-electron chi connectivity index (χ0n) is 24.1. The van der Waals surface area contributed by atoms with E-state index in [1.165, 1.54) is 12.0 Å². The van der Waals surface area contributed by atoms with Gasteiger partial charge in [-0.1, -0.05) is 80.0 Å². The Labute approximate surface area is 248 Å². The molecule has 220 valence electrons. The van der Waals surface area contributed by atoms with Crippen LogP contribution in [0.3, 0.4) is 0 Å². The summed E-state index contributed by atoms with van der Waals surface area (Å²) in [6, 6.07) is 20.7. The van der Waals surface area contributed by atoms with E-state index in [0.717, 1.165) is 21.7 Å². The van der Waals surface area contributed by atoms with Gasteiger partial charge in [-0.3, -0.25) is 13.9 Å². The first kappa shape index (κ1) is 32.0. The molecule has 0 aromatic heterocycles. The van der Waals surface area contributed by atoms with E-state index in [1.54, 1.807) is 42.5 Å². The lowest BCUT2D eigenvalue weighted by molar-refractivity contribution is -0.140. The summed E-state index contributed by atoms with van der Waals surface area (Å²) in [6.45, 7) is 5.69. The van der Waals surface area contributed by atoms with Crippen molar-refractivity contribution >= 4 is 39.1 Å². The number of methoxy groups -OCH3 is 1. The molecule has 0 aliphatic rings. The molecule has 41 heavy (non-hydrogen) atoms. The first-order valence-electron chi connectivity index (χ1n) is 13.4. The molecule has 1 N–H and O–H groups in total. The molecule has 8 nitrogen and oxygen atoms in total. The quantitative estimate of drug-likeness (QED) is 0.303. The number of nitrogens with one attached hydrogen (secondary N) is 1. The van der Waals surface area contributed by atoms with E-state index >= 15 is 0 Å². The van der Waals surface area contributed by atoms with E-state index in [2.05, 4.69) is 5.32 Å². The number of sulfonamides is 1. The lowest BCUT2D eigenvalue weighted by Crippen LogP contribution is -2.53. The van der Waals surface area contributed by atoms with Crippen LogP contribution in [0, 0.1) is 12.8 Å². The third-order valence-corrected chi connectivity index (χ3v) is 8.03. The van der Waals surface area contributed by atoms with Gasteiger partial charge in [0.25, 0.3) is 0 Å². The minimum Gasteiger partial charge on any atom is -0.495 e. The van der Waals surface area contributed by atoms with Crippen molar-refractivity contribution in [1.29, 1.82) is 0 Å². The monoisotopic (exact) mass is 599 g/mol. The Morgan fingerprint density at radius 1 is 1.00 bits per heavy atom. The number of hydrogen-bond donors (Lipinski definition) is 1. The van der Waals surface area contributed by atoms with Crippen molar-refractivity contribution < 1.29 is 22.7 Å². The number of carbonyl (C=O) groups is 2. The summed E-state index contributed by atoms with van der Waals surface area (Å²) < 4.78 is 32.6. The molecule has 0 aliphatic heterocycles. The maximum absolute atomic E-state index is 14.2. The fourth-order valence-corrected chi connectivity index (χ4v) is 5.42. The first-order valence-corrected chi connectivity index (χ1v) is 15.6. The van der Waals surface area contributed by atoms with Gasteiger partial charge in [-0.2, -0.15) is 0 Å². The van der Waals surface area contributed by atoms with Crippen LogP contribution in [0.15, 0.2) is 72.8 Å².